The van der Waals surface area contributed by atoms with Gasteiger partial charge in [0.05, 0.1) is 12.6 Å². The van der Waals surface area contributed by atoms with Gasteiger partial charge in [0.1, 0.15) is 5.76 Å². The zero-order chi connectivity index (χ0) is 10.5. The first-order valence-electron chi connectivity index (χ1n) is 5.33. The molecule has 1 aliphatic rings. The zero-order valence-electron chi connectivity index (χ0n) is 8.73. The van der Waals surface area contributed by atoms with E-state index < -0.39 is 0 Å². The van der Waals surface area contributed by atoms with Crippen LogP contribution in [0.3, 0.4) is 0 Å². The number of nitrogens with two attached hydrogens (primary N) is 1. The van der Waals surface area contributed by atoms with E-state index in [2.05, 4.69) is 11.1 Å². The van der Waals surface area contributed by atoms with Crippen LogP contribution in [0.2, 0.25) is 0 Å². The maximum atomic E-state index is 6.06. The number of nitrogens with zero attached hydrogens (tertiary/aromatic N) is 1. The van der Waals surface area contributed by atoms with Gasteiger partial charge in [-0.1, -0.05) is 6.07 Å². The molecule has 0 aromatic carbocycles. The summed E-state index contributed by atoms with van der Waals surface area (Å²) in [4.78, 5) is 4.07. The summed E-state index contributed by atoms with van der Waals surface area (Å²) in [6.45, 7) is 0.798. The highest BCUT2D eigenvalue weighted by molar-refractivity contribution is 5.15. The number of rotatable bonds is 3. The van der Waals surface area contributed by atoms with E-state index in [1.165, 1.54) is 0 Å². The van der Waals surface area contributed by atoms with Crippen LogP contribution in [0.1, 0.15) is 18.4 Å². The average Bonchev–Trinajstić information content (AvgIpc) is 2.31. The summed E-state index contributed by atoms with van der Waals surface area (Å²) in [6.07, 6.45) is 8.69. The first-order valence-corrected chi connectivity index (χ1v) is 5.33. The number of hydrogen-bond donors (Lipinski definition) is 1. The van der Waals surface area contributed by atoms with Crippen LogP contribution in [-0.4, -0.2) is 17.6 Å². The molecule has 2 rings (SSSR count). The normalized spacial score (nSPS) is 17.8. The van der Waals surface area contributed by atoms with Gasteiger partial charge in [-0.25, -0.2) is 0 Å². The Morgan fingerprint density at radius 1 is 1.53 bits per heavy atom. The molecule has 0 spiro atoms. The predicted octanol–water partition coefficient (Wildman–Crippen LogP) is 1.65. The third kappa shape index (κ3) is 2.80. The maximum absolute atomic E-state index is 6.06. The van der Waals surface area contributed by atoms with Gasteiger partial charge in [0.25, 0.3) is 0 Å². The van der Waals surface area contributed by atoms with E-state index in [1.807, 2.05) is 18.3 Å². The molecule has 80 valence electrons. The van der Waals surface area contributed by atoms with Crippen molar-refractivity contribution in [1.82, 2.24) is 4.98 Å². The van der Waals surface area contributed by atoms with E-state index in [4.69, 9.17) is 10.5 Å². The van der Waals surface area contributed by atoms with Crippen LogP contribution in [0.5, 0.6) is 0 Å². The van der Waals surface area contributed by atoms with Gasteiger partial charge in [-0.05, 0) is 37.0 Å². The lowest BCUT2D eigenvalue weighted by atomic mass is 10.0. The van der Waals surface area contributed by atoms with Crippen molar-refractivity contribution >= 4 is 0 Å². The van der Waals surface area contributed by atoms with Crippen LogP contribution in [0, 0.1) is 0 Å². The highest BCUT2D eigenvalue weighted by Crippen LogP contribution is 2.15. The minimum atomic E-state index is -0.0329. The van der Waals surface area contributed by atoms with Gasteiger partial charge >= 0.3 is 0 Å². The fourth-order valence-corrected chi connectivity index (χ4v) is 1.71. The van der Waals surface area contributed by atoms with Crippen molar-refractivity contribution in [1.29, 1.82) is 0 Å². The average molecular weight is 204 g/mol. The zero-order valence-corrected chi connectivity index (χ0v) is 8.73. The molecular weight excluding hydrogens is 188 g/mol. The Morgan fingerprint density at radius 2 is 2.47 bits per heavy atom. The van der Waals surface area contributed by atoms with Crippen LogP contribution in [0.15, 0.2) is 36.4 Å². The third-order valence-corrected chi connectivity index (χ3v) is 2.51. The molecule has 15 heavy (non-hydrogen) atoms. The molecule has 1 aromatic heterocycles. The molecule has 1 unspecified atom stereocenters. The predicted molar refractivity (Wildman–Crippen MR) is 59.2 cm³/mol. The summed E-state index contributed by atoms with van der Waals surface area (Å²) in [5, 5.41) is 0. The molecule has 2 heterocycles. The number of pyridine rings is 1. The molecular formula is C12H16N2O. The van der Waals surface area contributed by atoms with Crippen molar-refractivity contribution in [3.8, 4) is 0 Å². The first kappa shape index (κ1) is 10.2. The lowest BCUT2D eigenvalue weighted by molar-refractivity contribution is 0.175. The minimum absolute atomic E-state index is 0.0329. The first-order chi connectivity index (χ1) is 7.36. The fraction of sp³-hybridized carbons (Fsp3) is 0.417. The molecule has 0 aliphatic carbocycles. The van der Waals surface area contributed by atoms with E-state index in [1.54, 1.807) is 6.20 Å². The lowest BCUT2D eigenvalue weighted by Gasteiger charge is -2.20. The van der Waals surface area contributed by atoms with Crippen molar-refractivity contribution in [3.05, 3.63) is 41.9 Å². The molecule has 0 radical (unpaired) electrons. The number of allylic oxidation sites excluding steroid dienone is 1. The summed E-state index contributed by atoms with van der Waals surface area (Å²) in [7, 11) is 0. The Kier molecular flexibility index (Phi) is 3.35. The highest BCUT2D eigenvalue weighted by Gasteiger charge is 2.13. The molecule has 0 fully saturated rings. The topological polar surface area (TPSA) is 48.1 Å². The molecule has 0 amide bonds. The number of ether oxygens (including phenoxy) is 1. The molecule has 2 N–H and O–H groups in total. The molecule has 1 aliphatic heterocycles. The molecule has 1 atom stereocenters. The Labute approximate surface area is 90.0 Å². The molecule has 3 heteroatoms. The van der Waals surface area contributed by atoms with Crippen LogP contribution >= 0.6 is 0 Å². The Hall–Kier alpha value is -1.35. The van der Waals surface area contributed by atoms with E-state index in [0.29, 0.717) is 0 Å². The SMILES string of the molecule is NC(Cc1cccnc1)C1=CCCCO1. The molecule has 1 aromatic rings. The Bertz CT molecular complexity index is 335. The lowest BCUT2D eigenvalue weighted by Crippen LogP contribution is -2.28. The van der Waals surface area contributed by atoms with Crippen molar-refractivity contribution in [2.24, 2.45) is 5.73 Å². The second kappa shape index (κ2) is 4.94. The summed E-state index contributed by atoms with van der Waals surface area (Å²) in [5.41, 5.74) is 7.21. The second-order valence-electron chi connectivity index (χ2n) is 3.77. The fourth-order valence-electron chi connectivity index (χ4n) is 1.71. The summed E-state index contributed by atoms with van der Waals surface area (Å²) >= 11 is 0. The van der Waals surface area contributed by atoms with Gasteiger partial charge in [0, 0.05) is 12.4 Å². The smallest absolute Gasteiger partial charge is 0.109 e. The molecule has 0 saturated heterocycles. The maximum Gasteiger partial charge on any atom is 0.109 e. The van der Waals surface area contributed by atoms with Gasteiger partial charge in [-0.15, -0.1) is 0 Å². The largest absolute Gasteiger partial charge is 0.497 e. The van der Waals surface area contributed by atoms with Gasteiger partial charge in [-0.2, -0.15) is 0 Å². The highest BCUT2D eigenvalue weighted by atomic mass is 16.5. The minimum Gasteiger partial charge on any atom is -0.497 e. The van der Waals surface area contributed by atoms with Crippen molar-refractivity contribution < 1.29 is 4.74 Å². The molecule has 0 bridgehead atoms. The van der Waals surface area contributed by atoms with Crippen LogP contribution in [0.4, 0.5) is 0 Å². The van der Waals surface area contributed by atoms with E-state index in [-0.39, 0.29) is 6.04 Å². The Balaban J connectivity index is 1.97. The third-order valence-electron chi connectivity index (χ3n) is 2.51. The van der Waals surface area contributed by atoms with Crippen molar-refractivity contribution in [2.45, 2.75) is 25.3 Å². The van der Waals surface area contributed by atoms with E-state index in [0.717, 1.165) is 37.2 Å². The van der Waals surface area contributed by atoms with E-state index in [9.17, 15) is 0 Å². The Morgan fingerprint density at radius 3 is 3.13 bits per heavy atom. The van der Waals surface area contributed by atoms with Crippen LogP contribution < -0.4 is 5.73 Å². The number of aromatic nitrogens is 1. The van der Waals surface area contributed by atoms with Gasteiger partial charge < -0.3 is 10.5 Å². The van der Waals surface area contributed by atoms with Gasteiger partial charge in [0.15, 0.2) is 0 Å². The quantitative estimate of drug-likeness (QED) is 0.814. The van der Waals surface area contributed by atoms with Gasteiger partial charge in [-0.3, -0.25) is 4.98 Å². The summed E-state index contributed by atoms with van der Waals surface area (Å²) in [6, 6.07) is 3.93. The van der Waals surface area contributed by atoms with Crippen LogP contribution in [-0.2, 0) is 11.2 Å². The summed E-state index contributed by atoms with van der Waals surface area (Å²) in [5.74, 6) is 0.935. The van der Waals surface area contributed by atoms with Crippen molar-refractivity contribution in [2.75, 3.05) is 6.61 Å². The van der Waals surface area contributed by atoms with E-state index >= 15 is 0 Å². The van der Waals surface area contributed by atoms with Crippen molar-refractivity contribution in [3.63, 3.8) is 0 Å². The summed E-state index contributed by atoms with van der Waals surface area (Å²) < 4.78 is 5.53. The monoisotopic (exact) mass is 204 g/mol. The van der Waals surface area contributed by atoms with Crippen LogP contribution in [0.25, 0.3) is 0 Å². The second-order valence-corrected chi connectivity index (χ2v) is 3.77. The molecule has 0 saturated carbocycles. The van der Waals surface area contributed by atoms with Gasteiger partial charge in [0.2, 0.25) is 0 Å². The number of hydrogen-bond acceptors (Lipinski definition) is 3. The standard InChI is InChI=1S/C12H16N2O/c13-11(12-5-1-2-7-15-12)8-10-4-3-6-14-9-10/h3-6,9,11H,1-2,7-8,13H2. The molecule has 3 nitrogen and oxygen atoms in total.